The van der Waals surface area contributed by atoms with Crippen LogP contribution in [-0.2, 0) is 0 Å². The summed E-state index contributed by atoms with van der Waals surface area (Å²) in [6.07, 6.45) is -0.0785. The molecule has 2 N–H and O–H groups in total. The minimum absolute atomic E-state index is 0.775. The maximum absolute atomic E-state index is 11.5. The lowest BCUT2D eigenvalue weighted by Gasteiger charge is -2.23. The van der Waals surface area contributed by atoms with Gasteiger partial charge in [-0.3, -0.25) is 0 Å². The highest BCUT2D eigenvalue weighted by Gasteiger charge is 2.23. The third-order valence-corrected chi connectivity index (χ3v) is 6.12. The fourth-order valence-electron chi connectivity index (χ4n) is 4.55. The molecule has 0 radical (unpaired) electrons. The van der Waals surface area contributed by atoms with Crippen molar-refractivity contribution in [1.82, 2.24) is 0 Å². The van der Waals surface area contributed by atoms with Crippen molar-refractivity contribution < 1.29 is 10.2 Å². The van der Waals surface area contributed by atoms with Crippen molar-refractivity contribution in [2.75, 3.05) is 0 Å². The predicted molar refractivity (Wildman–Crippen MR) is 133 cm³/mol. The highest BCUT2D eigenvalue weighted by atomic mass is 16.3. The van der Waals surface area contributed by atoms with Gasteiger partial charge in [0.2, 0.25) is 0 Å². The van der Waals surface area contributed by atoms with E-state index in [1.165, 1.54) is 0 Å². The second-order valence-electron chi connectivity index (χ2n) is 8.00. The van der Waals surface area contributed by atoms with Gasteiger partial charge in [0.15, 0.2) is 0 Å². The molecule has 5 aromatic carbocycles. The molecule has 0 aliphatic heterocycles. The third kappa shape index (κ3) is 3.40. The van der Waals surface area contributed by atoms with E-state index in [0.717, 1.165) is 49.4 Å². The average molecular weight is 417 g/mol. The fraction of sp³-hybridized carbons (Fsp3) is 0.0667. The molecule has 2 nitrogen and oxygen atoms in total. The number of hydrogen-bond acceptors (Lipinski definition) is 2. The van der Waals surface area contributed by atoms with E-state index in [9.17, 15) is 10.2 Å². The quantitative estimate of drug-likeness (QED) is 0.304. The number of aliphatic hydroxyl groups excluding tert-OH is 2. The van der Waals surface area contributed by atoms with Crippen LogP contribution in [-0.4, -0.2) is 10.2 Å². The van der Waals surface area contributed by atoms with Crippen LogP contribution in [0.5, 0.6) is 0 Å². The van der Waals surface area contributed by atoms with Gasteiger partial charge in [-0.1, -0.05) is 109 Å². The maximum Gasteiger partial charge on any atom is 0.105 e. The van der Waals surface area contributed by atoms with E-state index in [4.69, 9.17) is 0 Å². The van der Waals surface area contributed by atoms with Crippen LogP contribution in [0.1, 0.15) is 28.9 Å². The van der Waals surface area contributed by atoms with Crippen molar-refractivity contribution in [3.63, 3.8) is 0 Å². The number of fused-ring (bicyclic) bond motifs is 2. The first-order valence-corrected chi connectivity index (χ1v) is 10.8. The highest BCUT2D eigenvalue weighted by molar-refractivity contribution is 6.08. The van der Waals surface area contributed by atoms with Gasteiger partial charge in [-0.05, 0) is 49.4 Å². The van der Waals surface area contributed by atoms with Crippen LogP contribution >= 0.6 is 0 Å². The predicted octanol–water partition coefficient (Wildman–Crippen LogP) is 6.96. The molecule has 0 aliphatic rings. The van der Waals surface area contributed by atoms with E-state index in [1.807, 2.05) is 72.8 Å². The van der Waals surface area contributed by atoms with Gasteiger partial charge in [-0.25, -0.2) is 0 Å². The molecule has 0 aromatic heterocycles. The summed E-state index contributed by atoms with van der Waals surface area (Å²) in [6, 6.07) is 34.1. The van der Waals surface area contributed by atoms with E-state index < -0.39 is 12.2 Å². The Morgan fingerprint density at radius 2 is 1.06 bits per heavy atom. The van der Waals surface area contributed by atoms with Gasteiger partial charge >= 0.3 is 0 Å². The normalized spacial score (nSPS) is 13.2. The Balaban J connectivity index is 1.93. The molecular weight excluding hydrogens is 392 g/mol. The lowest BCUT2D eigenvalue weighted by Crippen LogP contribution is -2.05. The van der Waals surface area contributed by atoms with Crippen LogP contribution in [0.25, 0.3) is 32.7 Å². The van der Waals surface area contributed by atoms with Gasteiger partial charge in [-0.15, -0.1) is 6.58 Å². The zero-order valence-electron chi connectivity index (χ0n) is 17.6. The second-order valence-corrected chi connectivity index (χ2v) is 8.00. The molecule has 0 amide bonds. The van der Waals surface area contributed by atoms with E-state index in [1.54, 1.807) is 6.08 Å². The van der Waals surface area contributed by atoms with Crippen LogP contribution in [0.4, 0.5) is 0 Å². The molecule has 2 atom stereocenters. The molecule has 0 heterocycles. The Bertz CT molecular complexity index is 1420. The molecule has 5 aromatic rings. The zero-order chi connectivity index (χ0) is 22.1. The van der Waals surface area contributed by atoms with E-state index >= 15 is 0 Å². The molecule has 0 unspecified atom stereocenters. The topological polar surface area (TPSA) is 40.5 Å². The smallest absolute Gasteiger partial charge is 0.105 e. The summed E-state index contributed by atoms with van der Waals surface area (Å²) in [7, 11) is 0. The van der Waals surface area contributed by atoms with Gasteiger partial charge in [0.1, 0.15) is 6.10 Å². The van der Waals surface area contributed by atoms with E-state index in [0.29, 0.717) is 0 Å². The Morgan fingerprint density at radius 3 is 1.66 bits per heavy atom. The summed E-state index contributed by atoms with van der Waals surface area (Å²) < 4.78 is 0. The van der Waals surface area contributed by atoms with Crippen molar-refractivity contribution in [3.8, 4) is 11.1 Å². The molecule has 0 aliphatic carbocycles. The highest BCUT2D eigenvalue weighted by Crippen LogP contribution is 2.43. The summed E-state index contributed by atoms with van der Waals surface area (Å²) in [4.78, 5) is 0. The number of rotatable bonds is 5. The first-order chi connectivity index (χ1) is 15.7. The van der Waals surface area contributed by atoms with Crippen molar-refractivity contribution in [3.05, 3.63) is 132 Å². The molecule has 5 rings (SSSR count). The molecule has 0 saturated heterocycles. The summed E-state index contributed by atoms with van der Waals surface area (Å²) in [5.74, 6) is 0. The van der Waals surface area contributed by atoms with Crippen LogP contribution in [0, 0.1) is 0 Å². The van der Waals surface area contributed by atoms with Gasteiger partial charge in [0, 0.05) is 0 Å². The third-order valence-electron chi connectivity index (χ3n) is 6.12. The molecule has 0 spiro atoms. The van der Waals surface area contributed by atoms with Crippen LogP contribution in [0.2, 0.25) is 0 Å². The minimum Gasteiger partial charge on any atom is -0.384 e. The zero-order valence-corrected chi connectivity index (χ0v) is 17.6. The Hall–Kier alpha value is -3.72. The molecule has 0 bridgehead atoms. The number of benzene rings is 5. The average Bonchev–Trinajstić information content (AvgIpc) is 2.87. The first-order valence-electron chi connectivity index (χ1n) is 10.8. The van der Waals surface area contributed by atoms with E-state index in [-0.39, 0.29) is 0 Å². The largest absolute Gasteiger partial charge is 0.384 e. The molecule has 0 fully saturated rings. The van der Waals surface area contributed by atoms with Crippen molar-refractivity contribution >= 4 is 21.5 Å². The molecule has 2 heteroatoms. The summed E-state index contributed by atoms with van der Waals surface area (Å²) >= 11 is 0. The fourth-order valence-corrected chi connectivity index (χ4v) is 4.55. The Labute approximate surface area is 187 Å². The van der Waals surface area contributed by atoms with Gasteiger partial charge in [-0.2, -0.15) is 0 Å². The van der Waals surface area contributed by atoms with Crippen LogP contribution in [0.15, 0.2) is 116 Å². The maximum atomic E-state index is 11.5. The number of hydrogen-bond donors (Lipinski definition) is 2. The van der Waals surface area contributed by atoms with Crippen LogP contribution < -0.4 is 0 Å². The number of aliphatic hydroxyl groups is 2. The molecule has 0 saturated carbocycles. The van der Waals surface area contributed by atoms with Crippen LogP contribution in [0.3, 0.4) is 0 Å². The molecular formula is C30H24O2. The van der Waals surface area contributed by atoms with Gasteiger partial charge < -0.3 is 10.2 Å². The summed E-state index contributed by atoms with van der Waals surface area (Å²) in [6.45, 7) is 3.82. The lowest BCUT2D eigenvalue weighted by atomic mass is 9.83. The Kier molecular flexibility index (Phi) is 5.32. The van der Waals surface area contributed by atoms with Gasteiger partial charge in [0.25, 0.3) is 0 Å². The summed E-state index contributed by atoms with van der Waals surface area (Å²) in [5.41, 5.74) is 4.28. The summed E-state index contributed by atoms with van der Waals surface area (Å²) in [5, 5.41) is 26.6. The second kappa shape index (κ2) is 8.43. The first kappa shape index (κ1) is 20.2. The SMILES string of the molecule is C=C[C@@H](O)c1ccc2ccccc2c1-c1c([C@H](O)c2ccccc2)ccc2ccccc12. The standard InChI is InChI=1S/C30H24O2/c1-2-27(31)25-18-16-20-10-6-8-14-23(20)28(25)29-24-15-9-7-11-21(24)17-19-26(29)30(32)22-12-4-3-5-13-22/h2-19,27,30-32H,1H2/t27-,30-/m1/s1. The minimum atomic E-state index is -0.824. The van der Waals surface area contributed by atoms with Crippen molar-refractivity contribution in [1.29, 1.82) is 0 Å². The molecule has 32 heavy (non-hydrogen) atoms. The Morgan fingerprint density at radius 1 is 0.562 bits per heavy atom. The van der Waals surface area contributed by atoms with Crippen molar-refractivity contribution in [2.24, 2.45) is 0 Å². The lowest BCUT2D eigenvalue weighted by molar-refractivity contribution is 0.220. The van der Waals surface area contributed by atoms with E-state index in [2.05, 4.69) is 36.9 Å². The van der Waals surface area contributed by atoms with Gasteiger partial charge in [0.05, 0.1) is 6.10 Å². The monoisotopic (exact) mass is 416 g/mol. The van der Waals surface area contributed by atoms with Crippen molar-refractivity contribution in [2.45, 2.75) is 12.2 Å². The molecule has 156 valence electrons.